The molecule has 0 unspecified atom stereocenters. The van der Waals surface area contributed by atoms with Crippen molar-refractivity contribution in [2.24, 2.45) is 0 Å². The molecule has 4 aromatic rings. The quantitative estimate of drug-likeness (QED) is 0.568. The molecule has 0 saturated heterocycles. The lowest BCUT2D eigenvalue weighted by atomic mass is 10.2. The summed E-state index contributed by atoms with van der Waals surface area (Å²) >= 11 is 0. The first-order chi connectivity index (χ1) is 11.2. The molecule has 0 radical (unpaired) electrons. The first kappa shape index (κ1) is 13.7. The van der Waals surface area contributed by atoms with Crippen LogP contribution in [-0.2, 0) is 0 Å². The lowest BCUT2D eigenvalue weighted by Crippen LogP contribution is -1.98. The zero-order valence-electron chi connectivity index (χ0n) is 13.2. The molecule has 0 saturated carbocycles. The summed E-state index contributed by atoms with van der Waals surface area (Å²) in [6, 6.07) is 9.93. The minimum atomic E-state index is 0.755. The largest absolute Gasteiger partial charge is 0.496 e. The molecule has 0 aliphatic rings. The van der Waals surface area contributed by atoms with Gasteiger partial charge in [-0.15, -0.1) is 0 Å². The van der Waals surface area contributed by atoms with E-state index in [1.807, 2.05) is 38.1 Å². The molecule has 114 valence electrons. The third-order valence-electron chi connectivity index (χ3n) is 4.05. The number of hydrogen-bond donors (Lipinski definition) is 0. The Morgan fingerprint density at radius 2 is 1.78 bits per heavy atom. The summed E-state index contributed by atoms with van der Waals surface area (Å²) in [5.41, 5.74) is 5.77. The van der Waals surface area contributed by atoms with E-state index >= 15 is 0 Å². The molecule has 0 spiro atoms. The van der Waals surface area contributed by atoms with E-state index in [2.05, 4.69) is 15.5 Å². The van der Waals surface area contributed by atoms with Crippen LogP contribution in [0.4, 0.5) is 0 Å². The van der Waals surface area contributed by atoms with Crippen molar-refractivity contribution in [1.82, 2.24) is 19.4 Å². The number of rotatable bonds is 2. The zero-order chi connectivity index (χ0) is 16.0. The lowest BCUT2D eigenvalue weighted by molar-refractivity contribution is 0.415. The molecule has 5 heteroatoms. The molecule has 0 fully saturated rings. The molecule has 3 aromatic heterocycles. The van der Waals surface area contributed by atoms with Crippen LogP contribution in [0.3, 0.4) is 0 Å². The van der Waals surface area contributed by atoms with Crippen molar-refractivity contribution in [1.29, 1.82) is 0 Å². The predicted molar refractivity (Wildman–Crippen MR) is 89.8 cm³/mol. The van der Waals surface area contributed by atoms with Gasteiger partial charge in [0.25, 0.3) is 0 Å². The van der Waals surface area contributed by atoms with E-state index < -0.39 is 0 Å². The Kier molecular flexibility index (Phi) is 3.01. The van der Waals surface area contributed by atoms with Gasteiger partial charge in [0.2, 0.25) is 0 Å². The topological polar surface area (TPSA) is 52.3 Å². The van der Waals surface area contributed by atoms with Crippen molar-refractivity contribution in [3.05, 3.63) is 54.1 Å². The van der Waals surface area contributed by atoms with Crippen LogP contribution in [-0.4, -0.2) is 26.5 Å². The number of nitrogens with zero attached hydrogens (tertiary/aromatic N) is 4. The molecule has 3 heterocycles. The van der Waals surface area contributed by atoms with Gasteiger partial charge < -0.3 is 4.74 Å². The minimum Gasteiger partial charge on any atom is -0.496 e. The van der Waals surface area contributed by atoms with E-state index in [1.54, 1.807) is 19.5 Å². The molecule has 0 amide bonds. The fraction of sp³-hybridized carbons (Fsp3) is 0.167. The Morgan fingerprint density at radius 3 is 2.61 bits per heavy atom. The number of imidazole rings is 1. The van der Waals surface area contributed by atoms with Crippen LogP contribution in [0.1, 0.15) is 11.4 Å². The fourth-order valence-corrected chi connectivity index (χ4v) is 3.08. The number of methoxy groups -OCH3 is 1. The molecule has 4 rings (SSSR count). The van der Waals surface area contributed by atoms with Crippen LogP contribution in [0.2, 0.25) is 0 Å². The van der Waals surface area contributed by atoms with Crippen molar-refractivity contribution in [3.63, 3.8) is 0 Å². The normalized spacial score (nSPS) is 11.3. The van der Waals surface area contributed by atoms with Crippen molar-refractivity contribution in [2.75, 3.05) is 7.11 Å². The summed E-state index contributed by atoms with van der Waals surface area (Å²) in [6.45, 7) is 4.02. The second kappa shape index (κ2) is 5.05. The number of benzene rings is 1. The van der Waals surface area contributed by atoms with Gasteiger partial charge in [-0.3, -0.25) is 9.38 Å². The zero-order valence-corrected chi connectivity index (χ0v) is 13.2. The maximum atomic E-state index is 5.49. The van der Waals surface area contributed by atoms with Gasteiger partial charge in [-0.25, -0.2) is 9.97 Å². The highest BCUT2D eigenvalue weighted by molar-refractivity contribution is 5.84. The third-order valence-corrected chi connectivity index (χ3v) is 4.05. The van der Waals surface area contributed by atoms with Gasteiger partial charge >= 0.3 is 0 Å². The highest BCUT2D eigenvalue weighted by atomic mass is 16.5. The standard InChI is InChI=1S/C18H16N4O/c1-11-17-12(2)21-18(13-10-19-9-8-16(13)23-3)22(17)15-7-5-4-6-14(15)20-11/h4-10H,1-3H3. The summed E-state index contributed by atoms with van der Waals surface area (Å²) in [5.74, 6) is 1.58. The van der Waals surface area contributed by atoms with Gasteiger partial charge in [0.15, 0.2) is 5.82 Å². The van der Waals surface area contributed by atoms with Gasteiger partial charge in [-0.05, 0) is 32.0 Å². The van der Waals surface area contributed by atoms with Crippen LogP contribution in [0.15, 0.2) is 42.7 Å². The Bertz CT molecular complexity index is 1040. The average molecular weight is 304 g/mol. The van der Waals surface area contributed by atoms with Gasteiger partial charge in [0, 0.05) is 12.4 Å². The van der Waals surface area contributed by atoms with E-state index in [1.165, 1.54) is 0 Å². The third kappa shape index (κ3) is 1.97. The molecule has 0 bridgehead atoms. The molecule has 5 nitrogen and oxygen atoms in total. The van der Waals surface area contributed by atoms with Gasteiger partial charge in [0.1, 0.15) is 5.75 Å². The molecular formula is C18H16N4O. The van der Waals surface area contributed by atoms with Gasteiger partial charge in [-0.2, -0.15) is 0 Å². The minimum absolute atomic E-state index is 0.755. The lowest BCUT2D eigenvalue weighted by Gasteiger charge is -2.10. The SMILES string of the molecule is COc1ccncc1-c1nc(C)c2c(C)nc3ccccc3n12. The van der Waals surface area contributed by atoms with Gasteiger partial charge in [0.05, 0.1) is 40.6 Å². The van der Waals surface area contributed by atoms with Crippen molar-refractivity contribution >= 4 is 16.6 Å². The summed E-state index contributed by atoms with van der Waals surface area (Å²) in [6.07, 6.45) is 3.51. The van der Waals surface area contributed by atoms with Crippen LogP contribution >= 0.6 is 0 Å². The molecule has 0 N–H and O–H groups in total. The second-order valence-corrected chi connectivity index (χ2v) is 5.47. The summed E-state index contributed by atoms with van der Waals surface area (Å²) < 4.78 is 7.64. The summed E-state index contributed by atoms with van der Waals surface area (Å²) in [7, 11) is 1.66. The summed E-state index contributed by atoms with van der Waals surface area (Å²) in [4.78, 5) is 13.7. The highest BCUT2D eigenvalue weighted by Gasteiger charge is 2.18. The van der Waals surface area contributed by atoms with E-state index in [-0.39, 0.29) is 0 Å². The number of ether oxygens (including phenoxy) is 1. The average Bonchev–Trinajstić information content (AvgIpc) is 2.93. The van der Waals surface area contributed by atoms with Crippen molar-refractivity contribution in [3.8, 4) is 17.1 Å². The molecule has 23 heavy (non-hydrogen) atoms. The number of aryl methyl sites for hydroxylation is 2. The molecule has 0 aliphatic carbocycles. The van der Waals surface area contributed by atoms with E-state index in [0.717, 1.165) is 45.1 Å². The number of pyridine rings is 1. The number of fused-ring (bicyclic) bond motifs is 3. The Balaban J connectivity index is 2.20. The number of hydrogen-bond acceptors (Lipinski definition) is 4. The number of aromatic nitrogens is 4. The van der Waals surface area contributed by atoms with Crippen LogP contribution in [0.5, 0.6) is 5.75 Å². The fourth-order valence-electron chi connectivity index (χ4n) is 3.08. The Morgan fingerprint density at radius 1 is 1.00 bits per heavy atom. The first-order valence-electron chi connectivity index (χ1n) is 7.43. The van der Waals surface area contributed by atoms with E-state index in [0.29, 0.717) is 0 Å². The first-order valence-corrected chi connectivity index (χ1v) is 7.43. The molecule has 1 aromatic carbocycles. The maximum Gasteiger partial charge on any atom is 0.150 e. The van der Waals surface area contributed by atoms with E-state index in [9.17, 15) is 0 Å². The predicted octanol–water partition coefficient (Wildman–Crippen LogP) is 3.57. The van der Waals surface area contributed by atoms with Crippen LogP contribution < -0.4 is 4.74 Å². The molecule has 0 atom stereocenters. The monoisotopic (exact) mass is 304 g/mol. The van der Waals surface area contributed by atoms with E-state index in [4.69, 9.17) is 14.7 Å². The smallest absolute Gasteiger partial charge is 0.150 e. The highest BCUT2D eigenvalue weighted by Crippen LogP contribution is 2.32. The summed E-state index contributed by atoms with van der Waals surface area (Å²) in [5, 5.41) is 0. The molecular weight excluding hydrogens is 288 g/mol. The van der Waals surface area contributed by atoms with Crippen molar-refractivity contribution < 1.29 is 4.74 Å². The Labute approximate surface area is 133 Å². The number of para-hydroxylation sites is 2. The Hall–Kier alpha value is -2.95. The van der Waals surface area contributed by atoms with Crippen LogP contribution in [0.25, 0.3) is 27.9 Å². The second-order valence-electron chi connectivity index (χ2n) is 5.47. The van der Waals surface area contributed by atoms with Gasteiger partial charge in [-0.1, -0.05) is 12.1 Å². The molecule has 0 aliphatic heterocycles. The van der Waals surface area contributed by atoms with Crippen LogP contribution in [0, 0.1) is 13.8 Å². The van der Waals surface area contributed by atoms with Crippen molar-refractivity contribution in [2.45, 2.75) is 13.8 Å². The maximum absolute atomic E-state index is 5.49.